The van der Waals surface area contributed by atoms with Crippen LogP contribution in [0.4, 0.5) is 0 Å². The minimum Gasteiger partial charge on any atom is -0.392 e. The third-order valence-corrected chi connectivity index (χ3v) is 5.75. The largest absolute Gasteiger partial charge is 0.392 e. The van der Waals surface area contributed by atoms with Crippen molar-refractivity contribution in [2.75, 3.05) is 31.9 Å². The molecule has 0 aromatic heterocycles. The van der Waals surface area contributed by atoms with Gasteiger partial charge in [-0.2, -0.15) is 4.31 Å². The maximum Gasteiger partial charge on any atom is 0.214 e. The lowest BCUT2D eigenvalue weighted by Crippen LogP contribution is -2.54. The van der Waals surface area contributed by atoms with E-state index in [0.717, 1.165) is 0 Å². The number of thiocarbonyl (C=S) groups is 1. The molecular formula is C11H23N3O2S2. The lowest BCUT2D eigenvalue weighted by atomic mass is 10.2. The first kappa shape index (κ1) is 15.8. The van der Waals surface area contributed by atoms with Crippen LogP contribution in [-0.2, 0) is 10.0 Å². The van der Waals surface area contributed by atoms with Crippen molar-refractivity contribution in [2.24, 2.45) is 11.7 Å². The highest BCUT2D eigenvalue weighted by molar-refractivity contribution is 7.89. The fraction of sp³-hybridized carbons (Fsp3) is 0.909. The van der Waals surface area contributed by atoms with E-state index in [0.29, 0.717) is 31.2 Å². The van der Waals surface area contributed by atoms with Gasteiger partial charge in [0.25, 0.3) is 0 Å². The van der Waals surface area contributed by atoms with E-state index in [-0.39, 0.29) is 17.7 Å². The Labute approximate surface area is 115 Å². The first-order valence-corrected chi connectivity index (χ1v) is 8.27. The second kappa shape index (κ2) is 6.27. The summed E-state index contributed by atoms with van der Waals surface area (Å²) in [6, 6.07) is 0.0370. The summed E-state index contributed by atoms with van der Waals surface area (Å²) < 4.78 is 25.7. The van der Waals surface area contributed by atoms with Gasteiger partial charge in [0.2, 0.25) is 10.0 Å². The van der Waals surface area contributed by atoms with Gasteiger partial charge in [-0.15, -0.1) is 0 Å². The highest BCUT2D eigenvalue weighted by atomic mass is 32.2. The molecule has 5 nitrogen and oxygen atoms in total. The van der Waals surface area contributed by atoms with E-state index < -0.39 is 10.0 Å². The van der Waals surface area contributed by atoms with Gasteiger partial charge >= 0.3 is 0 Å². The number of hydrogen-bond acceptors (Lipinski definition) is 4. The molecule has 2 N–H and O–H groups in total. The zero-order chi connectivity index (χ0) is 13.9. The van der Waals surface area contributed by atoms with Gasteiger partial charge in [0.15, 0.2) is 0 Å². The van der Waals surface area contributed by atoms with E-state index in [2.05, 4.69) is 4.90 Å². The zero-order valence-electron chi connectivity index (χ0n) is 11.3. The molecule has 1 aliphatic rings. The maximum absolute atomic E-state index is 12.1. The van der Waals surface area contributed by atoms with Crippen molar-refractivity contribution in [1.29, 1.82) is 0 Å². The van der Waals surface area contributed by atoms with Crippen molar-refractivity contribution in [3.63, 3.8) is 0 Å². The molecule has 1 saturated heterocycles. The van der Waals surface area contributed by atoms with Gasteiger partial charge in [-0.05, 0) is 12.8 Å². The summed E-state index contributed by atoms with van der Waals surface area (Å²) in [5, 5.41) is 0. The van der Waals surface area contributed by atoms with Crippen LogP contribution in [-0.4, -0.2) is 60.6 Å². The van der Waals surface area contributed by atoms with Crippen LogP contribution in [0, 0.1) is 5.92 Å². The van der Waals surface area contributed by atoms with Gasteiger partial charge in [0.05, 0.1) is 16.8 Å². The molecule has 0 amide bonds. The number of piperazine rings is 1. The molecule has 18 heavy (non-hydrogen) atoms. The van der Waals surface area contributed by atoms with Gasteiger partial charge in [-0.1, -0.05) is 26.1 Å². The highest BCUT2D eigenvalue weighted by Gasteiger charge is 2.29. The Morgan fingerprint density at radius 3 is 2.11 bits per heavy atom. The Balaban J connectivity index is 2.56. The molecule has 0 saturated carbocycles. The van der Waals surface area contributed by atoms with Gasteiger partial charge in [-0.25, -0.2) is 8.42 Å². The molecule has 106 valence electrons. The monoisotopic (exact) mass is 293 g/mol. The van der Waals surface area contributed by atoms with Crippen molar-refractivity contribution in [1.82, 2.24) is 9.21 Å². The normalized spacial score (nSPS) is 21.1. The standard InChI is InChI=1S/C11H23N3O2S2/c1-9(2)8-18(15,16)14-6-4-13(5-7-14)10(3)11(12)17/h9-10H,4-8H2,1-3H3,(H2,12,17). The number of hydrogen-bond donors (Lipinski definition) is 1. The van der Waals surface area contributed by atoms with Crippen LogP contribution >= 0.6 is 12.2 Å². The summed E-state index contributed by atoms with van der Waals surface area (Å²) >= 11 is 4.96. The maximum atomic E-state index is 12.1. The van der Waals surface area contributed by atoms with Crippen molar-refractivity contribution in [3.05, 3.63) is 0 Å². The highest BCUT2D eigenvalue weighted by Crippen LogP contribution is 2.13. The van der Waals surface area contributed by atoms with E-state index in [1.165, 1.54) is 0 Å². The minimum absolute atomic E-state index is 0.0370. The van der Waals surface area contributed by atoms with Crippen LogP contribution in [0.25, 0.3) is 0 Å². The minimum atomic E-state index is -3.11. The van der Waals surface area contributed by atoms with Crippen LogP contribution in [0.1, 0.15) is 20.8 Å². The third kappa shape index (κ3) is 4.15. The van der Waals surface area contributed by atoms with Gasteiger partial charge in [0, 0.05) is 26.2 Å². The van der Waals surface area contributed by atoms with Crippen molar-refractivity contribution < 1.29 is 8.42 Å². The zero-order valence-corrected chi connectivity index (χ0v) is 12.9. The Morgan fingerprint density at radius 2 is 1.72 bits per heavy atom. The van der Waals surface area contributed by atoms with Crippen molar-refractivity contribution in [3.8, 4) is 0 Å². The first-order chi connectivity index (χ1) is 8.24. The Hall–Kier alpha value is -0.240. The summed E-state index contributed by atoms with van der Waals surface area (Å²) in [4.78, 5) is 2.59. The fourth-order valence-corrected chi connectivity index (χ4v) is 4.00. The van der Waals surface area contributed by atoms with E-state index >= 15 is 0 Å². The number of rotatable bonds is 5. The molecule has 0 bridgehead atoms. The molecule has 0 aromatic carbocycles. The molecule has 0 aromatic rings. The molecule has 0 spiro atoms. The molecule has 1 heterocycles. The number of nitrogens with two attached hydrogens (primary N) is 1. The van der Waals surface area contributed by atoms with Gasteiger partial charge < -0.3 is 5.73 Å². The molecule has 1 aliphatic heterocycles. The fourth-order valence-electron chi connectivity index (χ4n) is 2.08. The summed E-state index contributed by atoms with van der Waals surface area (Å²) in [7, 11) is -3.11. The molecule has 1 unspecified atom stereocenters. The smallest absolute Gasteiger partial charge is 0.214 e. The molecule has 1 atom stereocenters. The first-order valence-electron chi connectivity index (χ1n) is 6.25. The second-order valence-corrected chi connectivity index (χ2v) is 7.67. The SMILES string of the molecule is CC(C)CS(=O)(=O)N1CCN(C(C)C(N)=S)CC1. The molecule has 1 fully saturated rings. The summed E-state index contributed by atoms with van der Waals surface area (Å²) in [6.07, 6.45) is 0. The summed E-state index contributed by atoms with van der Waals surface area (Å²) in [6.45, 7) is 8.24. The van der Waals surface area contributed by atoms with Crippen LogP contribution < -0.4 is 5.73 Å². The van der Waals surface area contributed by atoms with E-state index in [4.69, 9.17) is 18.0 Å². The average Bonchev–Trinajstić information content (AvgIpc) is 2.26. The van der Waals surface area contributed by atoms with Crippen LogP contribution in [0.3, 0.4) is 0 Å². The van der Waals surface area contributed by atoms with Crippen LogP contribution in [0.15, 0.2) is 0 Å². The predicted molar refractivity (Wildman–Crippen MR) is 78.0 cm³/mol. The van der Waals surface area contributed by atoms with Crippen molar-refractivity contribution in [2.45, 2.75) is 26.8 Å². The summed E-state index contributed by atoms with van der Waals surface area (Å²) in [5.41, 5.74) is 5.61. The van der Waals surface area contributed by atoms with E-state index in [1.54, 1.807) is 4.31 Å². The van der Waals surface area contributed by atoms with Crippen LogP contribution in [0.5, 0.6) is 0 Å². The molecular weight excluding hydrogens is 270 g/mol. The molecule has 0 aliphatic carbocycles. The molecule has 7 heteroatoms. The van der Waals surface area contributed by atoms with E-state index in [1.807, 2.05) is 20.8 Å². The predicted octanol–water partition coefficient (Wildman–Crippen LogP) is 0.264. The Kier molecular flexibility index (Phi) is 5.51. The second-order valence-electron chi connectivity index (χ2n) is 5.19. The number of sulfonamides is 1. The quantitative estimate of drug-likeness (QED) is 0.737. The Bertz CT molecular complexity index is 387. The Morgan fingerprint density at radius 1 is 1.22 bits per heavy atom. The van der Waals surface area contributed by atoms with Gasteiger partial charge in [-0.3, -0.25) is 4.90 Å². The van der Waals surface area contributed by atoms with Crippen LogP contribution in [0.2, 0.25) is 0 Å². The van der Waals surface area contributed by atoms with E-state index in [9.17, 15) is 8.42 Å². The van der Waals surface area contributed by atoms with Gasteiger partial charge in [0.1, 0.15) is 0 Å². The lowest BCUT2D eigenvalue weighted by Gasteiger charge is -2.37. The average molecular weight is 293 g/mol. The molecule has 1 rings (SSSR count). The number of nitrogens with zero attached hydrogens (tertiary/aromatic N) is 2. The molecule has 0 radical (unpaired) electrons. The van der Waals surface area contributed by atoms with Crippen molar-refractivity contribution >= 4 is 27.2 Å². The third-order valence-electron chi connectivity index (χ3n) is 3.17. The summed E-state index contributed by atoms with van der Waals surface area (Å²) in [5.74, 6) is 0.376. The topological polar surface area (TPSA) is 66.6 Å². The lowest BCUT2D eigenvalue weighted by molar-refractivity contribution is 0.174.